The van der Waals surface area contributed by atoms with E-state index in [4.69, 9.17) is 10.5 Å². The van der Waals surface area contributed by atoms with Gasteiger partial charge in [0.25, 0.3) is 5.88 Å². The van der Waals surface area contributed by atoms with Crippen LogP contribution in [-0.4, -0.2) is 18.4 Å². The SMILES string of the molecule is COC1=C([N+](=O)[O-])C(=C(C#N)C#N)NC=N1. The van der Waals surface area contributed by atoms with Crippen LogP contribution in [0.5, 0.6) is 0 Å². The minimum absolute atomic E-state index is 0.221. The van der Waals surface area contributed by atoms with Gasteiger partial charge >= 0.3 is 5.70 Å². The van der Waals surface area contributed by atoms with Gasteiger partial charge in [-0.1, -0.05) is 0 Å². The van der Waals surface area contributed by atoms with E-state index in [1.807, 2.05) is 0 Å². The number of methoxy groups -OCH3 is 1. The second kappa shape index (κ2) is 4.57. The molecule has 1 aliphatic rings. The smallest absolute Gasteiger partial charge is 0.356 e. The molecule has 16 heavy (non-hydrogen) atoms. The van der Waals surface area contributed by atoms with E-state index in [-0.39, 0.29) is 11.6 Å². The molecule has 0 aromatic carbocycles. The molecule has 0 amide bonds. The Bertz CT molecular complexity index is 487. The summed E-state index contributed by atoms with van der Waals surface area (Å²) in [4.78, 5) is 13.6. The second-order valence-electron chi connectivity index (χ2n) is 2.49. The van der Waals surface area contributed by atoms with Crippen molar-refractivity contribution in [3.63, 3.8) is 0 Å². The third-order valence-corrected chi connectivity index (χ3v) is 1.68. The Morgan fingerprint density at radius 3 is 2.69 bits per heavy atom. The molecule has 1 heterocycles. The standard InChI is InChI=1S/C8H5N5O3/c1-16-8-7(13(14)15)6(11-4-12-8)5(2-9)3-10/h4H,1H3,(H,11,12). The maximum atomic E-state index is 10.8. The van der Waals surface area contributed by atoms with Gasteiger partial charge in [-0.05, 0) is 0 Å². The van der Waals surface area contributed by atoms with Gasteiger partial charge in [-0.25, -0.2) is 0 Å². The van der Waals surface area contributed by atoms with Crippen molar-refractivity contribution in [1.29, 1.82) is 10.5 Å². The van der Waals surface area contributed by atoms with E-state index in [1.165, 1.54) is 7.11 Å². The molecule has 1 N–H and O–H groups in total. The van der Waals surface area contributed by atoms with Crippen LogP contribution in [0.2, 0.25) is 0 Å². The molecular weight excluding hydrogens is 214 g/mol. The molecule has 0 bridgehead atoms. The van der Waals surface area contributed by atoms with Crippen LogP contribution in [0, 0.1) is 32.8 Å². The van der Waals surface area contributed by atoms with E-state index in [1.54, 1.807) is 12.1 Å². The third-order valence-electron chi connectivity index (χ3n) is 1.68. The van der Waals surface area contributed by atoms with Crippen LogP contribution in [0.3, 0.4) is 0 Å². The average molecular weight is 219 g/mol. The van der Waals surface area contributed by atoms with Crippen molar-refractivity contribution < 1.29 is 9.66 Å². The molecule has 0 spiro atoms. The Labute approximate surface area is 89.9 Å². The van der Waals surface area contributed by atoms with E-state index in [2.05, 4.69) is 15.0 Å². The fourth-order valence-corrected chi connectivity index (χ4v) is 1.04. The molecule has 0 radical (unpaired) electrons. The van der Waals surface area contributed by atoms with Gasteiger partial charge in [0.2, 0.25) is 0 Å². The number of allylic oxidation sites excluding steroid dienone is 1. The van der Waals surface area contributed by atoms with Crippen LogP contribution in [0.1, 0.15) is 0 Å². The van der Waals surface area contributed by atoms with Crippen molar-refractivity contribution in [2.45, 2.75) is 0 Å². The van der Waals surface area contributed by atoms with Crippen molar-refractivity contribution in [2.24, 2.45) is 4.99 Å². The van der Waals surface area contributed by atoms with Crippen molar-refractivity contribution in [2.75, 3.05) is 7.11 Å². The van der Waals surface area contributed by atoms with E-state index < -0.39 is 16.2 Å². The maximum Gasteiger partial charge on any atom is 0.356 e. The number of nitro groups is 1. The lowest BCUT2D eigenvalue weighted by atomic mass is 10.2. The largest absolute Gasteiger partial charge is 0.476 e. The molecule has 8 heteroatoms. The second-order valence-corrected chi connectivity index (χ2v) is 2.49. The first-order chi connectivity index (χ1) is 7.65. The number of nitriles is 2. The summed E-state index contributed by atoms with van der Waals surface area (Å²) in [5, 5.41) is 30.4. The fourth-order valence-electron chi connectivity index (χ4n) is 1.04. The van der Waals surface area contributed by atoms with Gasteiger partial charge in [0.1, 0.15) is 12.1 Å². The zero-order valence-electron chi connectivity index (χ0n) is 8.09. The van der Waals surface area contributed by atoms with E-state index in [0.717, 1.165) is 6.34 Å². The highest BCUT2D eigenvalue weighted by Crippen LogP contribution is 2.20. The molecule has 1 aliphatic heterocycles. The Morgan fingerprint density at radius 1 is 1.62 bits per heavy atom. The predicted molar refractivity (Wildman–Crippen MR) is 50.9 cm³/mol. The summed E-state index contributed by atoms with van der Waals surface area (Å²) in [5.41, 5.74) is -1.17. The van der Waals surface area contributed by atoms with Crippen LogP contribution >= 0.6 is 0 Å². The monoisotopic (exact) mass is 219 g/mol. The lowest BCUT2D eigenvalue weighted by molar-refractivity contribution is -0.424. The molecule has 1 rings (SSSR count). The van der Waals surface area contributed by atoms with Crippen LogP contribution < -0.4 is 5.32 Å². The number of nitrogens with one attached hydrogen (secondary N) is 1. The van der Waals surface area contributed by atoms with Gasteiger partial charge in [0.15, 0.2) is 11.3 Å². The highest BCUT2D eigenvalue weighted by Gasteiger charge is 2.30. The Morgan fingerprint density at radius 2 is 2.25 bits per heavy atom. The summed E-state index contributed by atoms with van der Waals surface area (Å²) >= 11 is 0. The van der Waals surface area contributed by atoms with Crippen molar-refractivity contribution in [1.82, 2.24) is 5.32 Å². The molecule has 0 aromatic heterocycles. The first kappa shape index (κ1) is 11.2. The van der Waals surface area contributed by atoms with E-state index in [9.17, 15) is 10.1 Å². The van der Waals surface area contributed by atoms with Gasteiger partial charge in [-0.15, -0.1) is 0 Å². The summed E-state index contributed by atoms with van der Waals surface area (Å²) in [6.07, 6.45) is 1.11. The van der Waals surface area contributed by atoms with E-state index in [0.29, 0.717) is 0 Å². The highest BCUT2D eigenvalue weighted by molar-refractivity contribution is 5.66. The molecule has 80 valence electrons. The van der Waals surface area contributed by atoms with Gasteiger partial charge < -0.3 is 10.1 Å². The zero-order chi connectivity index (χ0) is 12.1. The Hall–Kier alpha value is -2.87. The molecule has 8 nitrogen and oxygen atoms in total. The Kier molecular flexibility index (Phi) is 3.20. The molecule has 0 aromatic rings. The number of nitrogens with zero attached hydrogens (tertiary/aromatic N) is 4. The third kappa shape index (κ3) is 1.81. The minimum Gasteiger partial charge on any atom is -0.476 e. The van der Waals surface area contributed by atoms with Gasteiger partial charge in [-0.2, -0.15) is 15.5 Å². The van der Waals surface area contributed by atoms with Gasteiger partial charge in [0.05, 0.1) is 18.4 Å². The number of ether oxygens (including phenoxy) is 1. The molecule has 0 saturated heterocycles. The van der Waals surface area contributed by atoms with Gasteiger partial charge in [0, 0.05) is 0 Å². The molecule has 0 fully saturated rings. The summed E-state index contributed by atoms with van der Waals surface area (Å²) in [5.74, 6) is -0.262. The first-order valence-electron chi connectivity index (χ1n) is 3.92. The number of rotatable bonds is 2. The summed E-state index contributed by atoms with van der Waals surface area (Å²) in [6, 6.07) is 3.10. The van der Waals surface area contributed by atoms with E-state index >= 15 is 0 Å². The fraction of sp³-hybridized carbons (Fsp3) is 0.125. The minimum atomic E-state index is -0.771. The number of hydrogen-bond acceptors (Lipinski definition) is 7. The highest BCUT2D eigenvalue weighted by atomic mass is 16.6. The molecule has 0 atom stereocenters. The quantitative estimate of drug-likeness (QED) is 0.396. The Balaban J connectivity index is 3.48. The van der Waals surface area contributed by atoms with Crippen LogP contribution in [0.25, 0.3) is 0 Å². The van der Waals surface area contributed by atoms with Crippen LogP contribution in [0.4, 0.5) is 0 Å². The summed E-state index contributed by atoms with van der Waals surface area (Å²) in [7, 11) is 1.21. The topological polar surface area (TPSA) is 124 Å². The van der Waals surface area contributed by atoms with Crippen LogP contribution in [0.15, 0.2) is 27.8 Å². The molecule has 0 unspecified atom stereocenters. The number of hydrogen-bond donors (Lipinski definition) is 1. The van der Waals surface area contributed by atoms with Gasteiger partial charge in [-0.3, -0.25) is 10.1 Å². The van der Waals surface area contributed by atoms with Crippen molar-refractivity contribution in [3.8, 4) is 12.1 Å². The van der Waals surface area contributed by atoms with Crippen molar-refractivity contribution >= 4 is 6.34 Å². The normalized spacial score (nSPS) is 13.6. The molecular formula is C8H5N5O3. The predicted octanol–water partition coefficient (Wildman–Crippen LogP) is 0.0114. The average Bonchev–Trinajstić information content (AvgIpc) is 2.30. The van der Waals surface area contributed by atoms with Crippen LogP contribution in [-0.2, 0) is 4.74 Å². The number of aliphatic imine (C=N–C) groups is 1. The summed E-state index contributed by atoms with van der Waals surface area (Å²) < 4.78 is 4.68. The summed E-state index contributed by atoms with van der Waals surface area (Å²) in [6.45, 7) is 0. The molecule has 0 saturated carbocycles. The maximum absolute atomic E-state index is 10.8. The van der Waals surface area contributed by atoms with Crippen molar-refractivity contribution in [3.05, 3.63) is 33.0 Å². The first-order valence-corrected chi connectivity index (χ1v) is 3.92. The lowest BCUT2D eigenvalue weighted by Crippen LogP contribution is -2.24. The zero-order valence-corrected chi connectivity index (χ0v) is 8.09. The molecule has 0 aliphatic carbocycles. The lowest BCUT2D eigenvalue weighted by Gasteiger charge is -2.10.